The first-order chi connectivity index (χ1) is 12.1. The minimum atomic E-state index is -3.38. The van der Waals surface area contributed by atoms with Gasteiger partial charge in [-0.25, -0.2) is 13.4 Å². The number of thioether (sulfide) groups is 1. The minimum absolute atomic E-state index is 0.273. The van der Waals surface area contributed by atoms with Crippen molar-refractivity contribution in [1.82, 2.24) is 9.29 Å². The van der Waals surface area contributed by atoms with Crippen molar-refractivity contribution in [1.29, 1.82) is 0 Å². The van der Waals surface area contributed by atoms with Gasteiger partial charge in [0.1, 0.15) is 10.6 Å². The van der Waals surface area contributed by atoms with Crippen LogP contribution in [0, 0.1) is 6.92 Å². The van der Waals surface area contributed by atoms with Crippen LogP contribution in [0.4, 0.5) is 0 Å². The summed E-state index contributed by atoms with van der Waals surface area (Å²) in [5, 5.41) is 0.800. The number of aryl methyl sites for hydroxylation is 1. The van der Waals surface area contributed by atoms with E-state index < -0.39 is 10.0 Å². The van der Waals surface area contributed by atoms with E-state index >= 15 is 0 Å². The van der Waals surface area contributed by atoms with Crippen LogP contribution in [0.1, 0.15) is 18.4 Å². The zero-order valence-corrected chi connectivity index (χ0v) is 15.9. The summed E-state index contributed by atoms with van der Waals surface area (Å²) < 4.78 is 32.2. The van der Waals surface area contributed by atoms with Crippen LogP contribution >= 0.6 is 11.8 Å². The number of hydrogen-bond acceptors (Lipinski definition) is 5. The average Bonchev–Trinajstić information content (AvgIpc) is 3.16. The monoisotopic (exact) mass is 378 g/mol. The van der Waals surface area contributed by atoms with E-state index in [0.29, 0.717) is 19.7 Å². The van der Waals surface area contributed by atoms with E-state index in [1.165, 1.54) is 10.5 Å². The largest absolute Gasteiger partial charge is 0.492 e. The zero-order valence-electron chi connectivity index (χ0n) is 14.2. The van der Waals surface area contributed by atoms with Crippen LogP contribution in [-0.2, 0) is 10.0 Å². The van der Waals surface area contributed by atoms with Gasteiger partial charge in [-0.1, -0.05) is 18.2 Å². The molecule has 1 fully saturated rings. The summed E-state index contributed by atoms with van der Waals surface area (Å²) in [6.45, 7) is 3.80. The molecule has 1 aliphatic heterocycles. The molecule has 0 spiro atoms. The summed E-state index contributed by atoms with van der Waals surface area (Å²) in [5.74, 6) is 1.64. The van der Waals surface area contributed by atoms with Gasteiger partial charge in [-0.3, -0.25) is 0 Å². The van der Waals surface area contributed by atoms with Gasteiger partial charge >= 0.3 is 0 Å². The normalized spacial score (nSPS) is 15.4. The maximum absolute atomic E-state index is 12.5. The number of benzene rings is 1. The Morgan fingerprint density at radius 3 is 2.60 bits per heavy atom. The van der Waals surface area contributed by atoms with E-state index in [9.17, 15) is 8.42 Å². The number of pyridine rings is 1. The van der Waals surface area contributed by atoms with Crippen LogP contribution in [0.15, 0.2) is 52.5 Å². The molecule has 25 heavy (non-hydrogen) atoms. The van der Waals surface area contributed by atoms with Gasteiger partial charge in [0.25, 0.3) is 0 Å². The molecule has 0 aliphatic carbocycles. The maximum Gasteiger partial charge on any atom is 0.244 e. The molecule has 0 radical (unpaired) electrons. The average molecular weight is 379 g/mol. The molecule has 0 saturated carbocycles. The Hall–Kier alpha value is -1.57. The lowest BCUT2D eigenvalue weighted by Gasteiger charge is -2.15. The first kappa shape index (κ1) is 18.2. The molecule has 2 heterocycles. The first-order valence-electron chi connectivity index (χ1n) is 8.35. The lowest BCUT2D eigenvalue weighted by Crippen LogP contribution is -2.27. The van der Waals surface area contributed by atoms with Crippen LogP contribution < -0.4 is 4.74 Å². The molecule has 1 aromatic heterocycles. The number of nitrogens with zero attached hydrogens (tertiary/aromatic N) is 2. The molecule has 1 aliphatic rings. The quantitative estimate of drug-likeness (QED) is 0.546. The number of ether oxygens (including phenoxy) is 1. The zero-order chi connectivity index (χ0) is 17.7. The summed E-state index contributed by atoms with van der Waals surface area (Å²) in [6.07, 6.45) is 3.32. The van der Waals surface area contributed by atoms with Crippen molar-refractivity contribution in [2.45, 2.75) is 29.7 Å². The standard InChI is InChI=1S/C18H22N2O3S2/c1-15-6-2-3-7-17(15)23-12-13-24-18-9-8-16(14-19-18)25(21,22)20-10-4-5-11-20/h2-3,6-9,14H,4-5,10-13H2,1H3. The SMILES string of the molecule is Cc1ccccc1OCCSc1ccc(S(=O)(=O)N2CCCC2)cn1. The predicted octanol–water partition coefficient (Wildman–Crippen LogP) is 3.35. The molecular formula is C18H22N2O3S2. The molecule has 0 amide bonds. The van der Waals surface area contributed by atoms with E-state index in [1.54, 1.807) is 23.9 Å². The van der Waals surface area contributed by atoms with Crippen molar-refractivity contribution < 1.29 is 13.2 Å². The number of hydrogen-bond donors (Lipinski definition) is 0. The summed E-state index contributed by atoms with van der Waals surface area (Å²) >= 11 is 1.55. The van der Waals surface area contributed by atoms with Crippen LogP contribution in [-0.4, -0.2) is 43.2 Å². The Balaban J connectivity index is 1.52. The Kier molecular flexibility index (Phi) is 5.98. The van der Waals surface area contributed by atoms with Gasteiger partial charge in [0.15, 0.2) is 0 Å². The molecule has 2 aromatic rings. The molecule has 3 rings (SSSR count). The van der Waals surface area contributed by atoms with Crippen LogP contribution in [0.5, 0.6) is 5.75 Å². The van der Waals surface area contributed by atoms with Gasteiger partial charge in [0.05, 0.1) is 11.6 Å². The fourth-order valence-electron chi connectivity index (χ4n) is 2.70. The van der Waals surface area contributed by atoms with Crippen LogP contribution in [0.25, 0.3) is 0 Å². The second-order valence-electron chi connectivity index (χ2n) is 5.91. The lowest BCUT2D eigenvalue weighted by molar-refractivity contribution is 0.341. The van der Waals surface area contributed by atoms with Gasteiger partial charge in [-0.05, 0) is 43.5 Å². The third-order valence-corrected chi connectivity index (χ3v) is 6.89. The number of para-hydroxylation sites is 1. The smallest absolute Gasteiger partial charge is 0.244 e. The number of aromatic nitrogens is 1. The Labute approximate surface area is 153 Å². The van der Waals surface area contributed by atoms with Crippen molar-refractivity contribution in [2.24, 2.45) is 0 Å². The highest BCUT2D eigenvalue weighted by atomic mass is 32.2. The van der Waals surface area contributed by atoms with E-state index in [4.69, 9.17) is 4.74 Å². The first-order valence-corrected chi connectivity index (χ1v) is 10.8. The van der Waals surface area contributed by atoms with Crippen molar-refractivity contribution >= 4 is 21.8 Å². The molecule has 7 heteroatoms. The lowest BCUT2D eigenvalue weighted by atomic mass is 10.2. The molecule has 5 nitrogen and oxygen atoms in total. The van der Waals surface area contributed by atoms with E-state index in [2.05, 4.69) is 4.98 Å². The molecule has 1 saturated heterocycles. The molecular weight excluding hydrogens is 356 g/mol. The van der Waals surface area contributed by atoms with Crippen molar-refractivity contribution in [2.75, 3.05) is 25.4 Å². The van der Waals surface area contributed by atoms with E-state index in [1.807, 2.05) is 31.2 Å². The van der Waals surface area contributed by atoms with Crippen LogP contribution in [0.2, 0.25) is 0 Å². The molecule has 134 valence electrons. The number of rotatable bonds is 7. The van der Waals surface area contributed by atoms with E-state index in [-0.39, 0.29) is 4.90 Å². The fraction of sp³-hybridized carbons (Fsp3) is 0.389. The summed E-state index contributed by atoms with van der Waals surface area (Å²) in [6, 6.07) is 11.3. The maximum atomic E-state index is 12.5. The Morgan fingerprint density at radius 1 is 1.16 bits per heavy atom. The van der Waals surface area contributed by atoms with Crippen molar-refractivity contribution in [3.63, 3.8) is 0 Å². The van der Waals surface area contributed by atoms with Crippen molar-refractivity contribution in [3.05, 3.63) is 48.2 Å². The molecule has 0 unspecified atom stereocenters. The summed E-state index contributed by atoms with van der Waals surface area (Å²) in [4.78, 5) is 4.55. The minimum Gasteiger partial charge on any atom is -0.492 e. The Morgan fingerprint density at radius 2 is 1.92 bits per heavy atom. The fourth-order valence-corrected chi connectivity index (χ4v) is 4.83. The Bertz CT molecular complexity index is 801. The molecule has 0 bridgehead atoms. The van der Waals surface area contributed by atoms with Gasteiger partial charge in [-0.2, -0.15) is 4.31 Å². The molecule has 0 atom stereocenters. The highest BCUT2D eigenvalue weighted by Gasteiger charge is 2.27. The van der Waals surface area contributed by atoms with Gasteiger partial charge in [-0.15, -0.1) is 11.8 Å². The summed E-state index contributed by atoms with van der Waals surface area (Å²) in [5.41, 5.74) is 1.11. The second-order valence-corrected chi connectivity index (χ2v) is 8.96. The third kappa shape index (κ3) is 4.54. The molecule has 1 aromatic carbocycles. The number of sulfonamides is 1. The van der Waals surface area contributed by atoms with Crippen LogP contribution in [0.3, 0.4) is 0 Å². The highest BCUT2D eigenvalue weighted by Crippen LogP contribution is 2.23. The predicted molar refractivity (Wildman–Crippen MR) is 99.6 cm³/mol. The second kappa shape index (κ2) is 8.21. The van der Waals surface area contributed by atoms with Gasteiger partial charge < -0.3 is 4.74 Å². The highest BCUT2D eigenvalue weighted by molar-refractivity contribution is 7.99. The summed E-state index contributed by atoms with van der Waals surface area (Å²) in [7, 11) is -3.38. The van der Waals surface area contributed by atoms with E-state index in [0.717, 1.165) is 34.9 Å². The third-order valence-electron chi connectivity index (χ3n) is 4.10. The molecule has 0 N–H and O–H groups in total. The topological polar surface area (TPSA) is 59.5 Å². The van der Waals surface area contributed by atoms with Gasteiger partial charge in [0.2, 0.25) is 10.0 Å². The van der Waals surface area contributed by atoms with Gasteiger partial charge in [0, 0.05) is 25.0 Å². The van der Waals surface area contributed by atoms with Crippen molar-refractivity contribution in [3.8, 4) is 5.75 Å².